The number of carbonyl (C=O) groups is 1. The molecular weight excluding hydrogens is 364 g/mol. The number of ether oxygens (including phenoxy) is 1. The molecular formula is C21H27ClN2O3. The lowest BCUT2D eigenvalue weighted by Gasteiger charge is -2.34. The first-order valence-electron chi connectivity index (χ1n) is 9.85. The fraction of sp³-hybridized carbons (Fsp3) is 0.571. The molecule has 1 amide bonds. The predicted octanol–water partition coefficient (Wildman–Crippen LogP) is 3.77. The average molecular weight is 391 g/mol. The monoisotopic (exact) mass is 390 g/mol. The fourth-order valence-corrected chi connectivity index (χ4v) is 4.58. The van der Waals surface area contributed by atoms with Gasteiger partial charge in [-0.25, -0.2) is 0 Å². The molecule has 1 atom stereocenters. The van der Waals surface area contributed by atoms with Gasteiger partial charge in [0.1, 0.15) is 0 Å². The van der Waals surface area contributed by atoms with Crippen molar-refractivity contribution < 1.29 is 14.6 Å². The first kappa shape index (κ1) is 18.8. The topological polar surface area (TPSA) is 63.0 Å². The zero-order valence-corrected chi connectivity index (χ0v) is 16.5. The lowest BCUT2D eigenvalue weighted by atomic mass is 9.79. The molecule has 1 aliphatic heterocycles. The predicted molar refractivity (Wildman–Crippen MR) is 105 cm³/mol. The molecule has 4 rings (SSSR count). The van der Waals surface area contributed by atoms with Crippen LogP contribution in [0.5, 0.6) is 0 Å². The van der Waals surface area contributed by atoms with Gasteiger partial charge in [-0.2, -0.15) is 0 Å². The van der Waals surface area contributed by atoms with Crippen LogP contribution < -0.4 is 5.32 Å². The minimum absolute atomic E-state index is 0.183. The summed E-state index contributed by atoms with van der Waals surface area (Å²) >= 11 is 6.44. The number of nitrogens with one attached hydrogen (secondary N) is 1. The van der Waals surface area contributed by atoms with Crippen LogP contribution in [0.2, 0.25) is 5.02 Å². The molecule has 1 unspecified atom stereocenters. The van der Waals surface area contributed by atoms with E-state index >= 15 is 0 Å². The van der Waals surface area contributed by atoms with Crippen LogP contribution in [0.4, 0.5) is 0 Å². The van der Waals surface area contributed by atoms with E-state index in [4.69, 9.17) is 16.3 Å². The maximum absolute atomic E-state index is 13.0. The number of amides is 1. The molecule has 1 saturated heterocycles. The standard InChI is InChI=1S/C21H27ClN2O3/c1-14-4-7-21(26,8-5-14)13-23-20(25)16-11-18(15-6-10-27-12-15)24-9-2-3-17(22)19(16)24/h2-3,9,11,14-15,26H,4-8,10,12-13H2,1H3,(H,23,25). The van der Waals surface area contributed by atoms with E-state index < -0.39 is 5.60 Å². The van der Waals surface area contributed by atoms with Crippen LogP contribution in [0, 0.1) is 5.92 Å². The number of aliphatic hydroxyl groups is 1. The van der Waals surface area contributed by atoms with E-state index in [1.165, 1.54) is 0 Å². The molecule has 2 N–H and O–H groups in total. The third-order valence-corrected chi connectivity index (χ3v) is 6.45. The van der Waals surface area contributed by atoms with Crippen molar-refractivity contribution in [3.63, 3.8) is 0 Å². The minimum Gasteiger partial charge on any atom is -0.388 e. The first-order valence-corrected chi connectivity index (χ1v) is 10.2. The van der Waals surface area contributed by atoms with Gasteiger partial charge in [-0.15, -0.1) is 0 Å². The summed E-state index contributed by atoms with van der Waals surface area (Å²) < 4.78 is 7.54. The quantitative estimate of drug-likeness (QED) is 0.835. The second-order valence-electron chi connectivity index (χ2n) is 8.21. The van der Waals surface area contributed by atoms with E-state index in [1.54, 1.807) is 6.07 Å². The first-order chi connectivity index (χ1) is 13.0. The fourth-order valence-electron chi connectivity index (χ4n) is 4.31. The van der Waals surface area contributed by atoms with E-state index in [0.29, 0.717) is 23.1 Å². The van der Waals surface area contributed by atoms with Crippen LogP contribution >= 0.6 is 11.6 Å². The highest BCUT2D eigenvalue weighted by atomic mass is 35.5. The number of carbonyl (C=O) groups excluding carboxylic acids is 1. The molecule has 1 aliphatic carbocycles. The molecule has 3 heterocycles. The average Bonchev–Trinajstić information content (AvgIpc) is 3.31. The van der Waals surface area contributed by atoms with E-state index in [1.807, 2.05) is 22.7 Å². The number of fused-ring (bicyclic) bond motifs is 1. The molecule has 0 spiro atoms. The largest absolute Gasteiger partial charge is 0.388 e. The molecule has 0 aromatic carbocycles. The number of rotatable bonds is 4. The Hall–Kier alpha value is -1.56. The van der Waals surface area contributed by atoms with Crippen molar-refractivity contribution in [1.29, 1.82) is 0 Å². The van der Waals surface area contributed by atoms with E-state index in [2.05, 4.69) is 12.2 Å². The van der Waals surface area contributed by atoms with Crippen LogP contribution in [0.1, 0.15) is 61.0 Å². The molecule has 0 radical (unpaired) electrons. The van der Waals surface area contributed by atoms with E-state index in [0.717, 1.165) is 49.9 Å². The van der Waals surface area contributed by atoms with Crippen molar-refractivity contribution >= 4 is 23.0 Å². The zero-order valence-electron chi connectivity index (χ0n) is 15.7. The molecule has 1 saturated carbocycles. The number of hydrogen-bond donors (Lipinski definition) is 2. The third kappa shape index (κ3) is 3.73. The summed E-state index contributed by atoms with van der Waals surface area (Å²) in [6.45, 7) is 3.90. The molecule has 6 heteroatoms. The number of aromatic nitrogens is 1. The highest BCUT2D eigenvalue weighted by Crippen LogP contribution is 2.33. The Bertz CT molecular complexity index is 833. The maximum atomic E-state index is 13.0. The third-order valence-electron chi connectivity index (χ3n) is 6.15. The molecule has 0 bridgehead atoms. The Balaban J connectivity index is 1.58. The van der Waals surface area contributed by atoms with Gasteiger partial charge in [0.05, 0.1) is 28.3 Å². The molecule has 27 heavy (non-hydrogen) atoms. The van der Waals surface area contributed by atoms with Gasteiger partial charge in [-0.3, -0.25) is 4.79 Å². The van der Waals surface area contributed by atoms with Gasteiger partial charge in [-0.05, 0) is 56.2 Å². The number of halogens is 1. The van der Waals surface area contributed by atoms with E-state index in [9.17, 15) is 9.90 Å². The van der Waals surface area contributed by atoms with Crippen molar-refractivity contribution in [3.8, 4) is 0 Å². The highest BCUT2D eigenvalue weighted by molar-refractivity contribution is 6.34. The lowest BCUT2D eigenvalue weighted by molar-refractivity contribution is -0.00538. The van der Waals surface area contributed by atoms with Crippen LogP contribution in [-0.4, -0.2) is 40.8 Å². The molecule has 5 nitrogen and oxygen atoms in total. The van der Waals surface area contributed by atoms with E-state index in [-0.39, 0.29) is 18.4 Å². The Labute approximate surface area is 164 Å². The molecule has 2 aromatic rings. The SMILES string of the molecule is CC1CCC(O)(CNC(=O)c2cc(C3CCOC3)n3cccc(Cl)c23)CC1. The Kier molecular flexibility index (Phi) is 5.19. The van der Waals surface area contributed by atoms with Gasteiger partial charge in [0.25, 0.3) is 5.91 Å². The van der Waals surface area contributed by atoms with Crippen molar-refractivity contribution in [3.05, 3.63) is 40.7 Å². The Morgan fingerprint density at radius 3 is 2.89 bits per heavy atom. The molecule has 146 valence electrons. The summed E-state index contributed by atoms with van der Waals surface area (Å²) in [5.74, 6) is 0.728. The number of hydrogen-bond acceptors (Lipinski definition) is 3. The van der Waals surface area contributed by atoms with Crippen LogP contribution in [0.3, 0.4) is 0 Å². The summed E-state index contributed by atoms with van der Waals surface area (Å²) in [5.41, 5.74) is 1.54. The van der Waals surface area contributed by atoms with Crippen molar-refractivity contribution in [1.82, 2.24) is 9.72 Å². The van der Waals surface area contributed by atoms with Crippen molar-refractivity contribution in [2.75, 3.05) is 19.8 Å². The number of nitrogens with zero attached hydrogens (tertiary/aromatic N) is 1. The normalized spacial score (nSPS) is 28.6. The summed E-state index contributed by atoms with van der Waals surface area (Å²) in [6.07, 6.45) is 6.35. The summed E-state index contributed by atoms with van der Waals surface area (Å²) in [7, 11) is 0. The van der Waals surface area contributed by atoms with Crippen LogP contribution in [0.15, 0.2) is 24.4 Å². The van der Waals surface area contributed by atoms with Crippen LogP contribution in [0.25, 0.3) is 5.52 Å². The van der Waals surface area contributed by atoms with Gasteiger partial charge in [0.2, 0.25) is 0 Å². The second-order valence-corrected chi connectivity index (χ2v) is 8.61. The summed E-state index contributed by atoms with van der Waals surface area (Å²) in [6, 6.07) is 5.63. The molecule has 2 fully saturated rings. The Morgan fingerprint density at radius 2 is 2.19 bits per heavy atom. The maximum Gasteiger partial charge on any atom is 0.253 e. The minimum atomic E-state index is -0.802. The van der Waals surface area contributed by atoms with Gasteiger partial charge < -0.3 is 19.6 Å². The van der Waals surface area contributed by atoms with Gasteiger partial charge in [0.15, 0.2) is 0 Å². The van der Waals surface area contributed by atoms with Crippen molar-refractivity contribution in [2.45, 2.75) is 50.5 Å². The molecule has 2 aromatic heterocycles. The number of pyridine rings is 1. The lowest BCUT2D eigenvalue weighted by Crippen LogP contribution is -2.45. The highest BCUT2D eigenvalue weighted by Gasteiger charge is 2.33. The zero-order chi connectivity index (χ0) is 19.0. The Morgan fingerprint density at radius 1 is 1.41 bits per heavy atom. The van der Waals surface area contributed by atoms with Gasteiger partial charge >= 0.3 is 0 Å². The van der Waals surface area contributed by atoms with Crippen LogP contribution in [-0.2, 0) is 4.74 Å². The summed E-state index contributed by atoms with van der Waals surface area (Å²) in [5, 5.41) is 14.3. The molecule has 2 aliphatic rings. The smallest absolute Gasteiger partial charge is 0.253 e. The second kappa shape index (κ2) is 7.46. The van der Waals surface area contributed by atoms with Gasteiger partial charge in [0, 0.05) is 31.0 Å². The van der Waals surface area contributed by atoms with Gasteiger partial charge in [-0.1, -0.05) is 18.5 Å². The summed E-state index contributed by atoms with van der Waals surface area (Å²) in [4.78, 5) is 13.0. The van der Waals surface area contributed by atoms with Crippen molar-refractivity contribution in [2.24, 2.45) is 5.92 Å².